The number of ether oxygens (including phenoxy) is 1. The van der Waals surface area contributed by atoms with Crippen LogP contribution >= 0.6 is 11.3 Å². The third-order valence-corrected chi connectivity index (χ3v) is 5.81. The molecule has 4 heterocycles. The molecular formula is C18H19N5O2S. The number of nitrogens with zero attached hydrogens (tertiary/aromatic N) is 5. The zero-order chi connectivity index (χ0) is 18.1. The molecule has 0 radical (unpaired) electrons. The van der Waals surface area contributed by atoms with Gasteiger partial charge in [0, 0.05) is 32.4 Å². The van der Waals surface area contributed by atoms with Crippen LogP contribution in [0, 0.1) is 6.92 Å². The van der Waals surface area contributed by atoms with Crippen LogP contribution in [-0.2, 0) is 4.74 Å². The largest absolute Gasteiger partial charge is 0.465 e. The summed E-state index contributed by atoms with van der Waals surface area (Å²) in [5.41, 5.74) is 0.889. The summed E-state index contributed by atoms with van der Waals surface area (Å²) in [7, 11) is 1.40. The van der Waals surface area contributed by atoms with Crippen LogP contribution in [-0.4, -0.2) is 54.2 Å². The molecule has 1 aliphatic rings. The standard InChI is InChI=1S/C18H19N5O2S/c1-12-14-16(20-11-21-17(14)26-15(12)18(24)25-2)23-9-7-22(8-10-23)13-5-3-4-6-19-13/h3-6,11H,7-10H2,1-2H3. The van der Waals surface area contributed by atoms with Crippen molar-refractivity contribution in [3.63, 3.8) is 0 Å². The van der Waals surface area contributed by atoms with Crippen LogP contribution in [0.25, 0.3) is 10.2 Å². The molecule has 0 N–H and O–H groups in total. The Bertz CT molecular complexity index is 935. The summed E-state index contributed by atoms with van der Waals surface area (Å²) in [6, 6.07) is 5.96. The Hall–Kier alpha value is -2.74. The van der Waals surface area contributed by atoms with Gasteiger partial charge in [0.05, 0.1) is 12.5 Å². The van der Waals surface area contributed by atoms with Crippen molar-refractivity contribution in [2.45, 2.75) is 6.92 Å². The third kappa shape index (κ3) is 2.86. The summed E-state index contributed by atoms with van der Waals surface area (Å²) in [6.07, 6.45) is 3.39. The predicted molar refractivity (Wildman–Crippen MR) is 102 cm³/mol. The SMILES string of the molecule is COC(=O)c1sc2ncnc(N3CCN(c4ccccn4)CC3)c2c1C. The van der Waals surface area contributed by atoms with E-state index in [1.807, 2.05) is 31.3 Å². The van der Waals surface area contributed by atoms with E-state index in [1.54, 1.807) is 6.33 Å². The molecule has 0 aromatic carbocycles. The number of hydrogen-bond donors (Lipinski definition) is 0. The number of thiophene rings is 1. The molecule has 7 nitrogen and oxygen atoms in total. The number of aryl methyl sites for hydroxylation is 1. The highest BCUT2D eigenvalue weighted by atomic mass is 32.1. The molecule has 0 spiro atoms. The number of piperazine rings is 1. The smallest absolute Gasteiger partial charge is 0.348 e. The van der Waals surface area contributed by atoms with Crippen LogP contribution in [0.4, 0.5) is 11.6 Å². The molecule has 0 amide bonds. The van der Waals surface area contributed by atoms with Gasteiger partial charge < -0.3 is 14.5 Å². The van der Waals surface area contributed by atoms with Crippen molar-refractivity contribution in [1.82, 2.24) is 15.0 Å². The molecule has 1 saturated heterocycles. The maximum absolute atomic E-state index is 12.0. The monoisotopic (exact) mass is 369 g/mol. The molecule has 0 aliphatic carbocycles. The fourth-order valence-corrected chi connectivity index (χ4v) is 4.33. The number of anilines is 2. The van der Waals surface area contributed by atoms with Gasteiger partial charge in [-0.05, 0) is 24.6 Å². The van der Waals surface area contributed by atoms with Crippen LogP contribution in [0.3, 0.4) is 0 Å². The Labute approximate surface area is 155 Å². The van der Waals surface area contributed by atoms with E-state index in [4.69, 9.17) is 4.74 Å². The number of carbonyl (C=O) groups excluding carboxylic acids is 1. The van der Waals surface area contributed by atoms with Crippen LogP contribution in [0.1, 0.15) is 15.2 Å². The first-order chi connectivity index (χ1) is 12.7. The third-order valence-electron chi connectivity index (χ3n) is 4.63. The first-order valence-corrected chi connectivity index (χ1v) is 9.24. The Morgan fingerprint density at radius 3 is 2.58 bits per heavy atom. The molecule has 4 rings (SSSR count). The molecule has 0 atom stereocenters. The zero-order valence-electron chi connectivity index (χ0n) is 14.7. The average molecular weight is 369 g/mol. The Kier molecular flexibility index (Phi) is 4.42. The molecule has 8 heteroatoms. The van der Waals surface area contributed by atoms with Gasteiger partial charge in [-0.1, -0.05) is 6.07 Å². The van der Waals surface area contributed by atoms with Crippen molar-refractivity contribution < 1.29 is 9.53 Å². The van der Waals surface area contributed by atoms with E-state index in [0.29, 0.717) is 4.88 Å². The number of carbonyl (C=O) groups is 1. The van der Waals surface area contributed by atoms with E-state index in [2.05, 4.69) is 24.8 Å². The molecule has 0 bridgehead atoms. The molecule has 3 aromatic heterocycles. The van der Waals surface area contributed by atoms with Gasteiger partial charge in [0.25, 0.3) is 0 Å². The lowest BCUT2D eigenvalue weighted by atomic mass is 10.2. The van der Waals surface area contributed by atoms with Crippen LogP contribution < -0.4 is 9.80 Å². The molecule has 1 fully saturated rings. The molecule has 0 saturated carbocycles. The fourth-order valence-electron chi connectivity index (χ4n) is 3.27. The van der Waals surface area contributed by atoms with Crippen LogP contribution in [0.15, 0.2) is 30.7 Å². The topological polar surface area (TPSA) is 71.5 Å². The Balaban J connectivity index is 1.62. The van der Waals surface area contributed by atoms with Gasteiger partial charge in [-0.3, -0.25) is 0 Å². The second-order valence-electron chi connectivity index (χ2n) is 6.09. The molecule has 3 aromatic rings. The molecule has 1 aliphatic heterocycles. The molecular weight excluding hydrogens is 350 g/mol. The predicted octanol–water partition coefficient (Wildman–Crippen LogP) is 2.51. The highest BCUT2D eigenvalue weighted by Gasteiger charge is 2.25. The van der Waals surface area contributed by atoms with E-state index in [-0.39, 0.29) is 5.97 Å². The maximum Gasteiger partial charge on any atom is 0.348 e. The van der Waals surface area contributed by atoms with E-state index in [9.17, 15) is 4.79 Å². The summed E-state index contributed by atoms with van der Waals surface area (Å²) < 4.78 is 4.89. The van der Waals surface area contributed by atoms with E-state index in [0.717, 1.165) is 53.6 Å². The first kappa shape index (κ1) is 16.7. The van der Waals surface area contributed by atoms with Gasteiger partial charge in [-0.25, -0.2) is 19.7 Å². The minimum atomic E-state index is -0.323. The Morgan fingerprint density at radius 1 is 1.12 bits per heavy atom. The maximum atomic E-state index is 12.0. The second-order valence-corrected chi connectivity index (χ2v) is 7.09. The molecule has 0 unspecified atom stereocenters. The van der Waals surface area contributed by atoms with Crippen molar-refractivity contribution in [1.29, 1.82) is 0 Å². The van der Waals surface area contributed by atoms with E-state index < -0.39 is 0 Å². The van der Waals surface area contributed by atoms with Gasteiger partial charge in [0.2, 0.25) is 0 Å². The normalized spacial score (nSPS) is 14.7. The van der Waals surface area contributed by atoms with Gasteiger partial charge in [0.15, 0.2) is 0 Å². The first-order valence-electron chi connectivity index (χ1n) is 8.42. The lowest BCUT2D eigenvalue weighted by Crippen LogP contribution is -2.47. The number of aromatic nitrogens is 3. The Morgan fingerprint density at radius 2 is 1.88 bits per heavy atom. The summed E-state index contributed by atoms with van der Waals surface area (Å²) >= 11 is 1.36. The van der Waals surface area contributed by atoms with Crippen LogP contribution in [0.5, 0.6) is 0 Å². The van der Waals surface area contributed by atoms with Gasteiger partial charge in [0.1, 0.15) is 27.7 Å². The van der Waals surface area contributed by atoms with E-state index >= 15 is 0 Å². The number of esters is 1. The van der Waals surface area contributed by atoms with Gasteiger partial charge >= 0.3 is 5.97 Å². The van der Waals surface area contributed by atoms with E-state index in [1.165, 1.54) is 18.4 Å². The second kappa shape index (κ2) is 6.87. The van der Waals surface area contributed by atoms with Crippen molar-refractivity contribution in [3.8, 4) is 0 Å². The van der Waals surface area contributed by atoms with Crippen molar-refractivity contribution >= 4 is 39.2 Å². The summed E-state index contributed by atoms with van der Waals surface area (Å²) in [6.45, 7) is 5.35. The van der Waals surface area contributed by atoms with Crippen molar-refractivity contribution in [2.75, 3.05) is 43.1 Å². The lowest BCUT2D eigenvalue weighted by molar-refractivity contribution is 0.0605. The van der Waals surface area contributed by atoms with Gasteiger partial charge in [-0.15, -0.1) is 11.3 Å². The zero-order valence-corrected chi connectivity index (χ0v) is 15.5. The minimum Gasteiger partial charge on any atom is -0.465 e. The average Bonchev–Trinajstić information content (AvgIpc) is 3.05. The number of fused-ring (bicyclic) bond motifs is 1. The van der Waals surface area contributed by atoms with Crippen LogP contribution in [0.2, 0.25) is 0 Å². The summed E-state index contributed by atoms with van der Waals surface area (Å²) in [4.78, 5) is 31.2. The van der Waals surface area contributed by atoms with Crippen molar-refractivity contribution in [3.05, 3.63) is 41.2 Å². The van der Waals surface area contributed by atoms with Crippen molar-refractivity contribution in [2.24, 2.45) is 0 Å². The quantitative estimate of drug-likeness (QED) is 0.657. The molecule has 26 heavy (non-hydrogen) atoms. The lowest BCUT2D eigenvalue weighted by Gasteiger charge is -2.36. The number of pyridine rings is 1. The highest BCUT2D eigenvalue weighted by Crippen LogP contribution is 2.35. The summed E-state index contributed by atoms with van der Waals surface area (Å²) in [5.74, 6) is 1.57. The highest BCUT2D eigenvalue weighted by molar-refractivity contribution is 7.20. The van der Waals surface area contributed by atoms with Gasteiger partial charge in [-0.2, -0.15) is 0 Å². The number of methoxy groups -OCH3 is 1. The minimum absolute atomic E-state index is 0.323. The molecule has 134 valence electrons. The summed E-state index contributed by atoms with van der Waals surface area (Å²) in [5, 5.41) is 0.948. The number of rotatable bonds is 3. The number of hydrogen-bond acceptors (Lipinski definition) is 8. The fraction of sp³-hybridized carbons (Fsp3) is 0.333.